The van der Waals surface area contributed by atoms with Gasteiger partial charge in [0.15, 0.2) is 0 Å². The van der Waals surface area contributed by atoms with Gasteiger partial charge in [0, 0.05) is 19.2 Å². The van der Waals surface area contributed by atoms with Crippen LogP contribution in [-0.2, 0) is 4.79 Å². The minimum atomic E-state index is 0.168. The van der Waals surface area contributed by atoms with Gasteiger partial charge >= 0.3 is 0 Å². The summed E-state index contributed by atoms with van der Waals surface area (Å²) in [5.41, 5.74) is 7.01. The average molecular weight is 243 g/mol. The number of rotatable bonds is 2. The second kappa shape index (κ2) is 4.60. The van der Waals surface area contributed by atoms with E-state index in [0.29, 0.717) is 0 Å². The van der Waals surface area contributed by atoms with E-state index in [1.807, 2.05) is 11.9 Å². The van der Waals surface area contributed by atoms with Crippen molar-refractivity contribution < 1.29 is 4.79 Å². The highest BCUT2D eigenvalue weighted by Crippen LogP contribution is 2.33. The molecule has 1 aromatic carbocycles. The highest BCUT2D eigenvalue weighted by molar-refractivity contribution is 6.23. The highest BCUT2D eigenvalue weighted by atomic mass is 16.2. The number of hydrogen-bond donors (Lipinski definition) is 0. The van der Waals surface area contributed by atoms with Gasteiger partial charge in [-0.25, -0.2) is 0 Å². The summed E-state index contributed by atoms with van der Waals surface area (Å²) in [6.45, 7) is 9.20. The second-order valence-electron chi connectivity index (χ2n) is 5.27. The lowest BCUT2D eigenvalue weighted by Crippen LogP contribution is -2.21. The Morgan fingerprint density at radius 3 is 2.22 bits per heavy atom. The molecule has 0 N–H and O–H groups in total. The van der Waals surface area contributed by atoms with Crippen LogP contribution in [0.25, 0.3) is 5.57 Å². The Morgan fingerprint density at radius 1 is 1.17 bits per heavy atom. The minimum Gasteiger partial charge on any atom is -0.338 e. The molecule has 2 rings (SSSR count). The highest BCUT2D eigenvalue weighted by Gasteiger charge is 2.29. The maximum atomic E-state index is 12.3. The molecule has 1 amide bonds. The molecule has 1 aliphatic rings. The van der Waals surface area contributed by atoms with Crippen LogP contribution in [0.15, 0.2) is 17.7 Å². The topological polar surface area (TPSA) is 20.3 Å². The van der Waals surface area contributed by atoms with E-state index in [0.717, 1.165) is 24.1 Å². The molecule has 0 aliphatic carbocycles. The van der Waals surface area contributed by atoms with Crippen molar-refractivity contribution in [3.63, 3.8) is 0 Å². The van der Waals surface area contributed by atoms with Crippen molar-refractivity contribution in [1.82, 2.24) is 4.90 Å². The standard InChI is InChI=1S/C16H21NO/c1-6-13-9-17(5)16(18)15(13)14-11(3)7-10(2)8-12(14)4/h7-8H,6,9H2,1-5H3. The molecule has 2 heteroatoms. The molecule has 0 spiro atoms. The smallest absolute Gasteiger partial charge is 0.254 e. The second-order valence-corrected chi connectivity index (χ2v) is 5.27. The van der Waals surface area contributed by atoms with Gasteiger partial charge in [-0.3, -0.25) is 4.79 Å². The van der Waals surface area contributed by atoms with Crippen molar-refractivity contribution in [2.45, 2.75) is 34.1 Å². The number of hydrogen-bond acceptors (Lipinski definition) is 1. The van der Waals surface area contributed by atoms with Crippen molar-refractivity contribution in [3.05, 3.63) is 40.0 Å². The fraction of sp³-hybridized carbons (Fsp3) is 0.438. The van der Waals surface area contributed by atoms with E-state index in [2.05, 4.69) is 39.8 Å². The third kappa shape index (κ3) is 1.96. The van der Waals surface area contributed by atoms with E-state index in [1.165, 1.54) is 22.3 Å². The maximum Gasteiger partial charge on any atom is 0.254 e. The maximum absolute atomic E-state index is 12.3. The number of nitrogens with zero attached hydrogens (tertiary/aromatic N) is 1. The molecule has 1 aliphatic heterocycles. The first-order valence-corrected chi connectivity index (χ1v) is 6.51. The van der Waals surface area contributed by atoms with Crippen LogP contribution in [0, 0.1) is 20.8 Å². The van der Waals surface area contributed by atoms with Crippen molar-refractivity contribution in [2.24, 2.45) is 0 Å². The quantitative estimate of drug-likeness (QED) is 0.781. The Bertz CT molecular complexity index is 517. The van der Waals surface area contributed by atoms with Crippen LogP contribution < -0.4 is 0 Å². The average Bonchev–Trinajstić information content (AvgIpc) is 2.55. The third-order valence-electron chi connectivity index (χ3n) is 3.70. The van der Waals surface area contributed by atoms with Gasteiger partial charge in [0.2, 0.25) is 0 Å². The number of carbonyl (C=O) groups is 1. The molecule has 0 unspecified atom stereocenters. The van der Waals surface area contributed by atoms with Crippen LogP contribution in [0.2, 0.25) is 0 Å². The largest absolute Gasteiger partial charge is 0.338 e. The molecule has 96 valence electrons. The van der Waals surface area contributed by atoms with Gasteiger partial charge in [-0.1, -0.05) is 24.6 Å². The van der Waals surface area contributed by atoms with Gasteiger partial charge in [-0.05, 0) is 49.5 Å². The first-order chi connectivity index (χ1) is 8.45. The Labute approximate surface area is 109 Å². The van der Waals surface area contributed by atoms with Crippen LogP contribution in [0.1, 0.15) is 35.6 Å². The van der Waals surface area contributed by atoms with Gasteiger partial charge in [0.1, 0.15) is 0 Å². The SMILES string of the molecule is CCC1=C(c2c(C)cc(C)cc2C)C(=O)N(C)C1. The van der Waals surface area contributed by atoms with Crippen LogP contribution in [0.5, 0.6) is 0 Å². The molecule has 0 radical (unpaired) electrons. The molecule has 0 saturated heterocycles. The summed E-state index contributed by atoms with van der Waals surface area (Å²) in [5.74, 6) is 0.168. The molecule has 0 aromatic heterocycles. The summed E-state index contributed by atoms with van der Waals surface area (Å²) in [7, 11) is 1.88. The molecule has 1 aromatic rings. The summed E-state index contributed by atoms with van der Waals surface area (Å²) >= 11 is 0. The number of carbonyl (C=O) groups excluding carboxylic acids is 1. The lowest BCUT2D eigenvalue weighted by atomic mass is 9.91. The molecule has 0 bridgehead atoms. The molecule has 18 heavy (non-hydrogen) atoms. The van der Waals surface area contributed by atoms with E-state index in [1.54, 1.807) is 0 Å². The lowest BCUT2D eigenvalue weighted by Gasteiger charge is -2.14. The summed E-state index contributed by atoms with van der Waals surface area (Å²) in [6, 6.07) is 4.32. The van der Waals surface area contributed by atoms with Gasteiger partial charge in [0.25, 0.3) is 5.91 Å². The van der Waals surface area contributed by atoms with Crippen LogP contribution in [0.4, 0.5) is 0 Å². The van der Waals surface area contributed by atoms with E-state index in [-0.39, 0.29) is 5.91 Å². The number of likely N-dealkylation sites (N-methyl/N-ethyl adjacent to an activating group) is 1. The van der Waals surface area contributed by atoms with E-state index in [4.69, 9.17) is 0 Å². The van der Waals surface area contributed by atoms with E-state index in [9.17, 15) is 4.79 Å². The first-order valence-electron chi connectivity index (χ1n) is 6.51. The van der Waals surface area contributed by atoms with Crippen LogP contribution in [-0.4, -0.2) is 24.4 Å². The Hall–Kier alpha value is -1.57. The van der Waals surface area contributed by atoms with Gasteiger partial charge in [-0.15, -0.1) is 0 Å². The zero-order valence-electron chi connectivity index (χ0n) is 11.9. The molecule has 1 heterocycles. The van der Waals surface area contributed by atoms with E-state index >= 15 is 0 Å². The first kappa shape index (κ1) is 12.9. The number of aryl methyl sites for hydroxylation is 3. The monoisotopic (exact) mass is 243 g/mol. The van der Waals surface area contributed by atoms with Crippen molar-refractivity contribution in [1.29, 1.82) is 0 Å². The van der Waals surface area contributed by atoms with Crippen molar-refractivity contribution >= 4 is 11.5 Å². The number of amides is 1. The van der Waals surface area contributed by atoms with Crippen LogP contribution in [0.3, 0.4) is 0 Å². The van der Waals surface area contributed by atoms with Crippen molar-refractivity contribution in [2.75, 3.05) is 13.6 Å². The molecule has 0 atom stereocenters. The van der Waals surface area contributed by atoms with Crippen LogP contribution >= 0.6 is 0 Å². The van der Waals surface area contributed by atoms with Crippen molar-refractivity contribution in [3.8, 4) is 0 Å². The zero-order valence-corrected chi connectivity index (χ0v) is 11.9. The summed E-state index contributed by atoms with van der Waals surface area (Å²) in [5, 5.41) is 0. The summed E-state index contributed by atoms with van der Waals surface area (Å²) in [4.78, 5) is 14.1. The predicted octanol–water partition coefficient (Wildman–Crippen LogP) is 3.25. The third-order valence-corrected chi connectivity index (χ3v) is 3.70. The van der Waals surface area contributed by atoms with Gasteiger partial charge < -0.3 is 4.90 Å². The Morgan fingerprint density at radius 2 is 1.72 bits per heavy atom. The molecule has 2 nitrogen and oxygen atoms in total. The zero-order chi connectivity index (χ0) is 13.4. The minimum absolute atomic E-state index is 0.168. The lowest BCUT2D eigenvalue weighted by molar-refractivity contribution is -0.122. The van der Waals surface area contributed by atoms with Gasteiger partial charge in [0.05, 0.1) is 0 Å². The van der Waals surface area contributed by atoms with Gasteiger partial charge in [-0.2, -0.15) is 0 Å². The molecular formula is C16H21NO. The Kier molecular flexibility index (Phi) is 3.29. The molecule has 0 fully saturated rings. The summed E-state index contributed by atoms with van der Waals surface area (Å²) in [6.07, 6.45) is 0.943. The Balaban J connectivity index is 2.65. The number of benzene rings is 1. The fourth-order valence-corrected chi connectivity index (χ4v) is 2.93. The molecular weight excluding hydrogens is 222 g/mol. The summed E-state index contributed by atoms with van der Waals surface area (Å²) < 4.78 is 0. The molecule has 0 saturated carbocycles. The normalized spacial score (nSPS) is 15.8. The predicted molar refractivity (Wildman–Crippen MR) is 75.5 cm³/mol. The van der Waals surface area contributed by atoms with E-state index < -0.39 is 0 Å². The fourth-order valence-electron chi connectivity index (χ4n) is 2.93.